The van der Waals surface area contributed by atoms with Crippen LogP contribution in [0.3, 0.4) is 0 Å². The summed E-state index contributed by atoms with van der Waals surface area (Å²) >= 11 is 0. The van der Waals surface area contributed by atoms with Crippen molar-refractivity contribution in [3.8, 4) is 11.5 Å². The minimum Gasteiger partial charge on any atom is -0.497 e. The summed E-state index contributed by atoms with van der Waals surface area (Å²) in [5, 5.41) is 2.90. The second-order valence-corrected chi connectivity index (χ2v) is 9.40. The summed E-state index contributed by atoms with van der Waals surface area (Å²) in [4.78, 5) is 14.8. The molecule has 1 aliphatic heterocycles. The average Bonchev–Trinajstić information content (AvgIpc) is 3.00. The molecule has 1 heterocycles. The van der Waals surface area contributed by atoms with Crippen molar-refractivity contribution < 1.29 is 22.7 Å². The Morgan fingerprint density at radius 3 is 2.42 bits per heavy atom. The Kier molecular flexibility index (Phi) is 7.53. The molecule has 0 bridgehead atoms. The highest BCUT2D eigenvalue weighted by atomic mass is 32.2. The molecule has 2 aromatic carbocycles. The normalized spacial score (nSPS) is 15.8. The number of ether oxygens (including phenoxy) is 2. The van der Waals surface area contributed by atoms with E-state index >= 15 is 0 Å². The van der Waals surface area contributed by atoms with Crippen LogP contribution in [0.15, 0.2) is 47.4 Å². The Morgan fingerprint density at radius 2 is 1.74 bits per heavy atom. The zero-order valence-corrected chi connectivity index (χ0v) is 18.9. The molecule has 0 atom stereocenters. The average molecular weight is 448 g/mol. The quantitative estimate of drug-likeness (QED) is 0.701. The van der Waals surface area contributed by atoms with Crippen LogP contribution in [0.25, 0.3) is 0 Å². The molecule has 9 heteroatoms. The molecule has 1 N–H and O–H groups in total. The number of sulfonamides is 1. The fourth-order valence-corrected chi connectivity index (χ4v) is 5.02. The highest BCUT2D eigenvalue weighted by Gasteiger charge is 2.27. The van der Waals surface area contributed by atoms with Gasteiger partial charge in [-0.15, -0.1) is 0 Å². The predicted octanol–water partition coefficient (Wildman–Crippen LogP) is 2.35. The molecule has 8 nitrogen and oxygen atoms in total. The van der Waals surface area contributed by atoms with Gasteiger partial charge in [0.15, 0.2) is 0 Å². The summed E-state index contributed by atoms with van der Waals surface area (Å²) in [5.74, 6) is 1.05. The second kappa shape index (κ2) is 10.1. The Morgan fingerprint density at radius 1 is 1.00 bits per heavy atom. The summed E-state index contributed by atoms with van der Waals surface area (Å²) in [5.41, 5.74) is 1.65. The van der Waals surface area contributed by atoms with Gasteiger partial charge in [-0.2, -0.15) is 4.31 Å². The molecule has 0 saturated carbocycles. The lowest BCUT2D eigenvalue weighted by Crippen LogP contribution is -2.38. The van der Waals surface area contributed by atoms with Gasteiger partial charge in [-0.1, -0.05) is 6.07 Å². The lowest BCUT2D eigenvalue weighted by Gasteiger charge is -2.21. The zero-order valence-electron chi connectivity index (χ0n) is 18.1. The predicted molar refractivity (Wildman–Crippen MR) is 119 cm³/mol. The van der Waals surface area contributed by atoms with Crippen LogP contribution in [-0.2, 0) is 14.8 Å². The lowest BCUT2D eigenvalue weighted by atomic mass is 10.2. The van der Waals surface area contributed by atoms with Crippen molar-refractivity contribution in [3.05, 3.63) is 48.0 Å². The molecule has 31 heavy (non-hydrogen) atoms. The third kappa shape index (κ3) is 5.75. The van der Waals surface area contributed by atoms with Crippen LogP contribution >= 0.6 is 0 Å². The summed E-state index contributed by atoms with van der Waals surface area (Å²) in [7, 11) is -0.488. The van der Waals surface area contributed by atoms with Crippen molar-refractivity contribution in [2.45, 2.75) is 18.2 Å². The minimum absolute atomic E-state index is 0.157. The van der Waals surface area contributed by atoms with Crippen LogP contribution in [0.4, 0.5) is 5.69 Å². The maximum absolute atomic E-state index is 13.0. The maximum Gasteiger partial charge on any atom is 0.243 e. The SMILES string of the molecule is COc1ccc(S(=O)(=O)N2CCCN(CC(=O)Nc3cc(C)ccc3OC)CC2)cc1. The first kappa shape index (κ1) is 23.1. The van der Waals surface area contributed by atoms with E-state index in [0.717, 1.165) is 5.56 Å². The van der Waals surface area contributed by atoms with E-state index < -0.39 is 10.0 Å². The van der Waals surface area contributed by atoms with E-state index in [1.165, 1.54) is 11.4 Å². The lowest BCUT2D eigenvalue weighted by molar-refractivity contribution is -0.117. The van der Waals surface area contributed by atoms with E-state index in [0.29, 0.717) is 49.8 Å². The van der Waals surface area contributed by atoms with Crippen molar-refractivity contribution in [1.82, 2.24) is 9.21 Å². The molecule has 1 saturated heterocycles. The van der Waals surface area contributed by atoms with Crippen molar-refractivity contribution in [2.75, 3.05) is 52.3 Å². The Bertz CT molecular complexity index is 1010. The van der Waals surface area contributed by atoms with Crippen molar-refractivity contribution in [3.63, 3.8) is 0 Å². The fourth-order valence-electron chi connectivity index (χ4n) is 3.55. The van der Waals surface area contributed by atoms with E-state index in [9.17, 15) is 13.2 Å². The molecule has 0 unspecified atom stereocenters. The molecular formula is C22H29N3O5S. The molecule has 0 spiro atoms. The molecule has 1 fully saturated rings. The van der Waals surface area contributed by atoms with Crippen LogP contribution in [0, 0.1) is 6.92 Å². The summed E-state index contributed by atoms with van der Waals surface area (Å²) in [6.07, 6.45) is 0.649. The van der Waals surface area contributed by atoms with Crippen molar-refractivity contribution >= 4 is 21.6 Å². The van der Waals surface area contributed by atoms with E-state index in [1.54, 1.807) is 31.4 Å². The monoisotopic (exact) mass is 447 g/mol. The Labute approximate surface area is 183 Å². The van der Waals surface area contributed by atoms with Gasteiger partial charge in [-0.05, 0) is 61.9 Å². The molecular weight excluding hydrogens is 418 g/mol. The van der Waals surface area contributed by atoms with Gasteiger partial charge in [0.1, 0.15) is 11.5 Å². The number of hydrogen-bond donors (Lipinski definition) is 1. The van der Waals surface area contributed by atoms with Gasteiger partial charge in [0.05, 0.1) is 31.3 Å². The smallest absolute Gasteiger partial charge is 0.243 e. The number of rotatable bonds is 7. The number of aryl methyl sites for hydroxylation is 1. The highest BCUT2D eigenvalue weighted by molar-refractivity contribution is 7.89. The molecule has 168 valence electrons. The number of methoxy groups -OCH3 is 2. The topological polar surface area (TPSA) is 88.2 Å². The van der Waals surface area contributed by atoms with Crippen LogP contribution in [0.5, 0.6) is 11.5 Å². The van der Waals surface area contributed by atoms with Gasteiger partial charge in [0.2, 0.25) is 15.9 Å². The van der Waals surface area contributed by atoms with Crippen LogP contribution < -0.4 is 14.8 Å². The van der Waals surface area contributed by atoms with Crippen LogP contribution in [0.2, 0.25) is 0 Å². The summed E-state index contributed by atoms with van der Waals surface area (Å²) in [6, 6.07) is 12.0. The Hall–Kier alpha value is -2.62. The number of carbonyl (C=O) groups excluding carboxylic acids is 1. The van der Waals surface area contributed by atoms with Gasteiger partial charge in [0.25, 0.3) is 0 Å². The number of anilines is 1. The molecule has 3 rings (SSSR count). The third-order valence-electron chi connectivity index (χ3n) is 5.24. The van der Waals surface area contributed by atoms with Crippen molar-refractivity contribution in [1.29, 1.82) is 0 Å². The molecule has 1 aliphatic rings. The number of carbonyl (C=O) groups is 1. The standard InChI is InChI=1S/C22H29N3O5S/c1-17-5-10-21(30-3)20(15-17)23-22(26)16-24-11-4-12-25(14-13-24)31(27,28)19-8-6-18(29-2)7-9-19/h5-10,15H,4,11-14,16H2,1-3H3,(H,23,26). The van der Waals surface area contributed by atoms with Crippen LogP contribution in [-0.4, -0.2) is 70.5 Å². The number of benzene rings is 2. The second-order valence-electron chi connectivity index (χ2n) is 7.46. The molecule has 0 radical (unpaired) electrons. The van der Waals surface area contributed by atoms with Gasteiger partial charge < -0.3 is 14.8 Å². The molecule has 2 aromatic rings. The first-order valence-corrected chi connectivity index (χ1v) is 11.6. The first-order chi connectivity index (χ1) is 14.8. The highest BCUT2D eigenvalue weighted by Crippen LogP contribution is 2.25. The number of nitrogens with one attached hydrogen (secondary N) is 1. The Balaban J connectivity index is 1.60. The van der Waals surface area contributed by atoms with Gasteiger partial charge in [-0.3, -0.25) is 9.69 Å². The van der Waals surface area contributed by atoms with E-state index in [1.807, 2.05) is 30.0 Å². The van der Waals surface area contributed by atoms with Gasteiger partial charge >= 0.3 is 0 Å². The number of amides is 1. The van der Waals surface area contributed by atoms with E-state index in [4.69, 9.17) is 9.47 Å². The fraction of sp³-hybridized carbons (Fsp3) is 0.409. The number of nitrogens with zero attached hydrogens (tertiary/aromatic N) is 2. The van der Waals surface area contributed by atoms with Gasteiger partial charge in [0, 0.05) is 19.6 Å². The minimum atomic E-state index is -3.59. The van der Waals surface area contributed by atoms with Crippen molar-refractivity contribution in [2.24, 2.45) is 0 Å². The van der Waals surface area contributed by atoms with Crippen LogP contribution in [0.1, 0.15) is 12.0 Å². The number of hydrogen-bond acceptors (Lipinski definition) is 6. The molecule has 0 aliphatic carbocycles. The zero-order chi connectivity index (χ0) is 22.4. The molecule has 0 aromatic heterocycles. The summed E-state index contributed by atoms with van der Waals surface area (Å²) in [6.45, 7) is 4.00. The van der Waals surface area contributed by atoms with E-state index in [2.05, 4.69) is 5.32 Å². The van der Waals surface area contributed by atoms with Gasteiger partial charge in [-0.25, -0.2) is 8.42 Å². The van der Waals surface area contributed by atoms with E-state index in [-0.39, 0.29) is 17.3 Å². The largest absolute Gasteiger partial charge is 0.497 e. The molecule has 1 amide bonds. The third-order valence-corrected chi connectivity index (χ3v) is 7.15. The first-order valence-electron chi connectivity index (χ1n) is 10.1. The summed E-state index contributed by atoms with van der Waals surface area (Å²) < 4.78 is 37.9. The maximum atomic E-state index is 13.0.